The molecule has 1 atom stereocenters. The average molecular weight is 732 g/mol. The van der Waals surface area contributed by atoms with Gasteiger partial charge in [-0.2, -0.15) is 0 Å². The summed E-state index contributed by atoms with van der Waals surface area (Å²) < 4.78 is 29.9. The van der Waals surface area contributed by atoms with Crippen LogP contribution in [0.3, 0.4) is 0 Å². The maximum absolute atomic E-state index is 14.5. The van der Waals surface area contributed by atoms with E-state index >= 15 is 0 Å². The number of halogens is 3. The molecule has 236 valence electrons. The van der Waals surface area contributed by atoms with E-state index in [-0.39, 0.29) is 23.8 Å². The van der Waals surface area contributed by atoms with Crippen LogP contribution in [0, 0.1) is 0 Å². The minimum absolute atomic E-state index is 0.0235. The van der Waals surface area contributed by atoms with E-state index in [0.29, 0.717) is 21.3 Å². The fourth-order valence-electron chi connectivity index (χ4n) is 4.70. The van der Waals surface area contributed by atoms with E-state index in [4.69, 9.17) is 23.2 Å². The Labute approximate surface area is 283 Å². The van der Waals surface area contributed by atoms with Crippen molar-refractivity contribution in [3.8, 4) is 0 Å². The van der Waals surface area contributed by atoms with Gasteiger partial charge in [0.15, 0.2) is 0 Å². The van der Waals surface area contributed by atoms with Crippen LogP contribution in [0.1, 0.15) is 31.9 Å². The highest BCUT2D eigenvalue weighted by atomic mass is 79.9. The smallest absolute Gasteiger partial charge is 0.264 e. The van der Waals surface area contributed by atoms with Crippen LogP contribution in [0.25, 0.3) is 0 Å². The molecule has 1 N–H and O–H groups in total. The van der Waals surface area contributed by atoms with Crippen LogP contribution in [0.2, 0.25) is 10.0 Å². The van der Waals surface area contributed by atoms with Gasteiger partial charge in [0, 0.05) is 23.0 Å². The van der Waals surface area contributed by atoms with Crippen LogP contribution in [-0.2, 0) is 32.6 Å². The molecular formula is C34H34BrCl2N3O4S. The lowest BCUT2D eigenvalue weighted by Crippen LogP contribution is -2.56. The fourth-order valence-corrected chi connectivity index (χ4v) is 6.72. The Balaban J connectivity index is 1.82. The SMILES string of the molecule is CC(C)(C)NC(=O)[C@@H](Cc1ccccc1)N(Cc1ccc(Cl)c(Cl)c1)C(=O)CN(c1ccc(Br)cc1)S(=O)(=O)c1ccccc1. The molecule has 7 nitrogen and oxygen atoms in total. The monoisotopic (exact) mass is 729 g/mol. The first kappa shape index (κ1) is 34.5. The van der Waals surface area contributed by atoms with Gasteiger partial charge in [-0.3, -0.25) is 13.9 Å². The topological polar surface area (TPSA) is 86.8 Å². The van der Waals surface area contributed by atoms with Crippen molar-refractivity contribution in [1.29, 1.82) is 0 Å². The van der Waals surface area contributed by atoms with E-state index < -0.39 is 34.1 Å². The van der Waals surface area contributed by atoms with Gasteiger partial charge >= 0.3 is 0 Å². The summed E-state index contributed by atoms with van der Waals surface area (Å²) in [4.78, 5) is 29.9. The third-order valence-corrected chi connectivity index (χ3v) is 9.89. The van der Waals surface area contributed by atoms with Crippen molar-refractivity contribution >= 4 is 66.7 Å². The maximum Gasteiger partial charge on any atom is 0.264 e. The minimum Gasteiger partial charge on any atom is -0.350 e. The second-order valence-corrected chi connectivity index (χ2v) is 15.1. The molecule has 0 aliphatic carbocycles. The van der Waals surface area contributed by atoms with Gasteiger partial charge in [-0.1, -0.05) is 93.7 Å². The summed E-state index contributed by atoms with van der Waals surface area (Å²) in [5.41, 5.74) is 1.16. The second kappa shape index (κ2) is 14.8. The number of anilines is 1. The number of nitrogens with one attached hydrogen (secondary N) is 1. The fraction of sp³-hybridized carbons (Fsp3) is 0.235. The van der Waals surface area contributed by atoms with Crippen molar-refractivity contribution in [3.63, 3.8) is 0 Å². The molecule has 4 aromatic rings. The summed E-state index contributed by atoms with van der Waals surface area (Å²) in [5, 5.41) is 3.65. The molecule has 4 rings (SSSR count). The van der Waals surface area contributed by atoms with E-state index in [9.17, 15) is 18.0 Å². The molecule has 0 heterocycles. The molecule has 11 heteroatoms. The molecule has 0 spiro atoms. The number of hydrogen-bond donors (Lipinski definition) is 1. The van der Waals surface area contributed by atoms with Gasteiger partial charge in [0.2, 0.25) is 11.8 Å². The first-order chi connectivity index (χ1) is 21.2. The highest BCUT2D eigenvalue weighted by molar-refractivity contribution is 9.10. The average Bonchev–Trinajstić information content (AvgIpc) is 3.00. The van der Waals surface area contributed by atoms with E-state index in [1.54, 1.807) is 60.7 Å². The Morgan fingerprint density at radius 3 is 2.00 bits per heavy atom. The second-order valence-electron chi connectivity index (χ2n) is 11.5. The first-order valence-electron chi connectivity index (χ1n) is 14.2. The molecule has 0 unspecified atom stereocenters. The van der Waals surface area contributed by atoms with Crippen molar-refractivity contribution in [2.45, 2.75) is 50.2 Å². The highest BCUT2D eigenvalue weighted by Crippen LogP contribution is 2.28. The number of benzene rings is 4. The molecule has 0 fully saturated rings. The Morgan fingerprint density at radius 1 is 0.822 bits per heavy atom. The predicted molar refractivity (Wildman–Crippen MR) is 184 cm³/mol. The summed E-state index contributed by atoms with van der Waals surface area (Å²) in [6, 6.07) is 27.9. The molecule has 2 amide bonds. The standard InChI is InChI=1S/C34H34BrCl2N3O4S/c1-34(2,3)38-33(42)31(21-24-10-6-4-7-11-24)39(22-25-14-19-29(36)30(37)20-25)32(41)23-40(27-17-15-26(35)16-18-27)45(43,44)28-12-8-5-9-13-28/h4-20,31H,21-23H2,1-3H3,(H,38,42)/t31-/m1/s1. The quantitative estimate of drug-likeness (QED) is 0.173. The van der Waals surface area contributed by atoms with Crippen molar-refractivity contribution in [1.82, 2.24) is 10.2 Å². The number of carbonyl (C=O) groups is 2. The van der Waals surface area contributed by atoms with Crippen LogP contribution in [0.5, 0.6) is 0 Å². The van der Waals surface area contributed by atoms with Crippen molar-refractivity contribution in [3.05, 3.63) is 129 Å². The number of carbonyl (C=O) groups excluding carboxylic acids is 2. The van der Waals surface area contributed by atoms with Crippen LogP contribution >= 0.6 is 39.1 Å². The van der Waals surface area contributed by atoms with Gasteiger partial charge in [0.05, 0.1) is 20.6 Å². The van der Waals surface area contributed by atoms with Gasteiger partial charge in [-0.25, -0.2) is 8.42 Å². The lowest BCUT2D eigenvalue weighted by Gasteiger charge is -2.35. The number of nitrogens with zero attached hydrogens (tertiary/aromatic N) is 2. The van der Waals surface area contributed by atoms with E-state index in [0.717, 1.165) is 14.3 Å². The molecule has 45 heavy (non-hydrogen) atoms. The predicted octanol–water partition coefficient (Wildman–Crippen LogP) is 7.51. The largest absolute Gasteiger partial charge is 0.350 e. The zero-order valence-corrected chi connectivity index (χ0v) is 29.0. The zero-order valence-electron chi connectivity index (χ0n) is 25.1. The van der Waals surface area contributed by atoms with Crippen molar-refractivity contribution in [2.24, 2.45) is 0 Å². The number of rotatable bonds is 11. The number of sulfonamides is 1. The first-order valence-corrected chi connectivity index (χ1v) is 17.2. The summed E-state index contributed by atoms with van der Waals surface area (Å²) in [6.45, 7) is 4.99. The van der Waals surface area contributed by atoms with Gasteiger partial charge in [0.25, 0.3) is 10.0 Å². The molecule has 0 aliphatic rings. The van der Waals surface area contributed by atoms with Crippen LogP contribution in [0.15, 0.2) is 112 Å². The molecule has 0 saturated carbocycles. The van der Waals surface area contributed by atoms with E-state index in [1.807, 2.05) is 51.1 Å². The summed E-state index contributed by atoms with van der Waals surface area (Å²) in [5.74, 6) is -0.950. The van der Waals surface area contributed by atoms with Crippen molar-refractivity contribution in [2.75, 3.05) is 10.8 Å². The van der Waals surface area contributed by atoms with Gasteiger partial charge in [0.1, 0.15) is 12.6 Å². The molecular weight excluding hydrogens is 697 g/mol. The molecule has 0 aromatic heterocycles. The van der Waals surface area contributed by atoms with Gasteiger partial charge < -0.3 is 10.2 Å². The Kier molecular flexibility index (Phi) is 11.4. The minimum atomic E-state index is -4.18. The Bertz CT molecular complexity index is 1730. The van der Waals surface area contributed by atoms with Crippen LogP contribution < -0.4 is 9.62 Å². The maximum atomic E-state index is 14.5. The summed E-state index contributed by atoms with van der Waals surface area (Å²) >= 11 is 15.9. The summed E-state index contributed by atoms with van der Waals surface area (Å²) in [7, 11) is -4.18. The number of hydrogen-bond acceptors (Lipinski definition) is 4. The molecule has 4 aromatic carbocycles. The molecule has 0 bridgehead atoms. The van der Waals surface area contributed by atoms with Gasteiger partial charge in [-0.15, -0.1) is 0 Å². The summed E-state index contributed by atoms with van der Waals surface area (Å²) in [6.07, 6.45) is 0.194. The van der Waals surface area contributed by atoms with E-state index in [1.165, 1.54) is 17.0 Å². The molecule has 0 saturated heterocycles. The highest BCUT2D eigenvalue weighted by Gasteiger charge is 2.35. The molecule has 0 aliphatic heterocycles. The van der Waals surface area contributed by atoms with Crippen molar-refractivity contribution < 1.29 is 18.0 Å². The lowest BCUT2D eigenvalue weighted by molar-refractivity contribution is -0.140. The number of amides is 2. The zero-order chi connectivity index (χ0) is 32.8. The van der Waals surface area contributed by atoms with Crippen LogP contribution in [0.4, 0.5) is 5.69 Å². The third-order valence-electron chi connectivity index (χ3n) is 6.83. The Hall–Kier alpha value is -3.37. The Morgan fingerprint density at radius 2 is 1.42 bits per heavy atom. The normalized spacial score (nSPS) is 12.3. The van der Waals surface area contributed by atoms with Gasteiger partial charge in [-0.05, 0) is 80.4 Å². The molecule has 0 radical (unpaired) electrons. The van der Waals surface area contributed by atoms with E-state index in [2.05, 4.69) is 21.2 Å². The van der Waals surface area contributed by atoms with Crippen LogP contribution in [-0.4, -0.2) is 43.3 Å². The lowest BCUT2D eigenvalue weighted by atomic mass is 10.0. The third kappa shape index (κ3) is 9.33.